The Morgan fingerprint density at radius 2 is 1.86 bits per heavy atom. The van der Waals surface area contributed by atoms with E-state index in [1.54, 1.807) is 0 Å². The summed E-state index contributed by atoms with van der Waals surface area (Å²) in [6, 6.07) is 3.02. The molecule has 0 heterocycles. The van der Waals surface area contributed by atoms with Crippen LogP contribution in [0.4, 0.5) is 17.6 Å². The molecular formula is C12H16F4N2O2S. The minimum Gasteiger partial charge on any atom is -0.310 e. The van der Waals surface area contributed by atoms with Crippen LogP contribution in [0.1, 0.15) is 19.4 Å². The van der Waals surface area contributed by atoms with E-state index >= 15 is 0 Å². The van der Waals surface area contributed by atoms with Crippen molar-refractivity contribution in [2.75, 3.05) is 6.54 Å². The minimum atomic E-state index is -4.68. The normalized spacial score (nSPS) is 12.9. The Hall–Kier alpha value is -1.19. The highest BCUT2D eigenvalue weighted by molar-refractivity contribution is 7.89. The van der Waals surface area contributed by atoms with Gasteiger partial charge in [0.05, 0.1) is 4.90 Å². The monoisotopic (exact) mass is 328 g/mol. The quantitative estimate of drug-likeness (QED) is 0.787. The van der Waals surface area contributed by atoms with Crippen molar-refractivity contribution in [3.8, 4) is 0 Å². The second-order valence-electron chi connectivity index (χ2n) is 4.73. The Kier molecular flexibility index (Phi) is 5.71. The number of alkyl halides is 3. The van der Waals surface area contributed by atoms with Crippen LogP contribution < -0.4 is 10.0 Å². The van der Waals surface area contributed by atoms with Gasteiger partial charge in [-0.3, -0.25) is 0 Å². The maximum atomic E-state index is 13.2. The molecular weight excluding hydrogens is 312 g/mol. The summed E-state index contributed by atoms with van der Waals surface area (Å²) in [6.45, 7) is 2.03. The molecule has 0 aliphatic rings. The molecule has 1 rings (SSSR count). The lowest BCUT2D eigenvalue weighted by molar-refractivity contribution is -0.121. The van der Waals surface area contributed by atoms with E-state index in [-0.39, 0.29) is 18.2 Å². The van der Waals surface area contributed by atoms with Crippen LogP contribution >= 0.6 is 0 Å². The third kappa shape index (κ3) is 5.98. The van der Waals surface area contributed by atoms with Gasteiger partial charge in [0.15, 0.2) is 0 Å². The summed E-state index contributed by atoms with van der Waals surface area (Å²) in [7, 11) is -4.44. The van der Waals surface area contributed by atoms with Crippen LogP contribution in [0.25, 0.3) is 0 Å². The van der Waals surface area contributed by atoms with Crippen molar-refractivity contribution in [2.45, 2.75) is 37.5 Å². The van der Waals surface area contributed by atoms with Gasteiger partial charge in [-0.05, 0) is 17.7 Å². The molecule has 0 aliphatic carbocycles. The van der Waals surface area contributed by atoms with E-state index in [1.165, 1.54) is 10.8 Å². The van der Waals surface area contributed by atoms with Gasteiger partial charge in [0, 0.05) is 12.6 Å². The first kappa shape index (κ1) is 17.9. The number of nitrogens with one attached hydrogen (secondary N) is 2. The van der Waals surface area contributed by atoms with Crippen molar-refractivity contribution >= 4 is 10.0 Å². The molecule has 0 bridgehead atoms. The van der Waals surface area contributed by atoms with Gasteiger partial charge in [0.2, 0.25) is 10.0 Å². The zero-order valence-corrected chi connectivity index (χ0v) is 12.3. The maximum Gasteiger partial charge on any atom is 0.402 e. The van der Waals surface area contributed by atoms with Crippen LogP contribution in [-0.2, 0) is 16.6 Å². The Labute approximate surface area is 120 Å². The highest BCUT2D eigenvalue weighted by atomic mass is 32.2. The van der Waals surface area contributed by atoms with Crippen LogP contribution in [-0.4, -0.2) is 27.2 Å². The lowest BCUT2D eigenvalue weighted by atomic mass is 10.2. The highest BCUT2D eigenvalue weighted by Crippen LogP contribution is 2.19. The largest absolute Gasteiger partial charge is 0.402 e. The third-order valence-electron chi connectivity index (χ3n) is 2.48. The van der Waals surface area contributed by atoms with Crippen molar-refractivity contribution in [1.29, 1.82) is 0 Å². The Morgan fingerprint density at radius 1 is 1.24 bits per heavy atom. The second kappa shape index (κ2) is 6.71. The Bertz CT molecular complexity index is 585. The summed E-state index contributed by atoms with van der Waals surface area (Å²) >= 11 is 0. The molecule has 0 spiro atoms. The highest BCUT2D eigenvalue weighted by Gasteiger charge is 2.31. The van der Waals surface area contributed by atoms with Gasteiger partial charge in [-0.15, -0.1) is 0 Å². The zero-order chi connectivity index (χ0) is 16.3. The van der Waals surface area contributed by atoms with Crippen LogP contribution in [0.3, 0.4) is 0 Å². The topological polar surface area (TPSA) is 58.2 Å². The molecule has 1 aromatic rings. The van der Waals surface area contributed by atoms with Crippen LogP contribution in [0, 0.1) is 5.82 Å². The smallest absolute Gasteiger partial charge is 0.310 e. The van der Waals surface area contributed by atoms with Gasteiger partial charge in [-0.1, -0.05) is 19.9 Å². The average molecular weight is 328 g/mol. The van der Waals surface area contributed by atoms with Crippen LogP contribution in [0.2, 0.25) is 0 Å². The molecule has 4 nitrogen and oxygen atoms in total. The molecule has 9 heteroatoms. The predicted molar refractivity (Wildman–Crippen MR) is 69.6 cm³/mol. The fourth-order valence-electron chi connectivity index (χ4n) is 1.49. The number of rotatable bonds is 6. The third-order valence-corrected chi connectivity index (χ3v) is 3.97. The van der Waals surface area contributed by atoms with Crippen molar-refractivity contribution in [2.24, 2.45) is 0 Å². The number of sulfonamides is 1. The van der Waals surface area contributed by atoms with Gasteiger partial charge in [-0.25, -0.2) is 17.5 Å². The second-order valence-corrected chi connectivity index (χ2v) is 6.46. The van der Waals surface area contributed by atoms with E-state index in [9.17, 15) is 26.0 Å². The van der Waals surface area contributed by atoms with Crippen molar-refractivity contribution < 1.29 is 26.0 Å². The summed E-state index contributed by atoms with van der Waals surface area (Å²) in [4.78, 5) is -0.500. The lowest BCUT2D eigenvalue weighted by Crippen LogP contribution is -2.34. The summed E-state index contributed by atoms with van der Waals surface area (Å²) in [5.74, 6) is -0.837. The first-order valence-electron chi connectivity index (χ1n) is 6.09. The van der Waals surface area contributed by atoms with E-state index < -0.39 is 33.5 Å². The maximum absolute atomic E-state index is 13.2. The van der Waals surface area contributed by atoms with E-state index in [0.717, 1.165) is 6.07 Å². The molecule has 0 radical (unpaired) electrons. The van der Waals surface area contributed by atoms with E-state index in [2.05, 4.69) is 5.32 Å². The molecule has 0 saturated heterocycles. The molecule has 0 aromatic heterocycles. The van der Waals surface area contributed by atoms with Gasteiger partial charge < -0.3 is 5.32 Å². The Morgan fingerprint density at radius 3 is 2.38 bits per heavy atom. The van der Waals surface area contributed by atoms with Crippen molar-refractivity contribution in [3.63, 3.8) is 0 Å². The lowest BCUT2D eigenvalue weighted by Gasteiger charge is -2.14. The fraction of sp³-hybridized carbons (Fsp3) is 0.500. The molecule has 0 unspecified atom stereocenters. The predicted octanol–water partition coefficient (Wildman–Crippen LogP) is 2.16. The van der Waals surface area contributed by atoms with E-state index in [0.29, 0.717) is 6.07 Å². The molecule has 120 valence electrons. The molecule has 0 aliphatic heterocycles. The molecule has 0 amide bonds. The summed E-state index contributed by atoms with van der Waals surface area (Å²) in [5.41, 5.74) is 0.194. The van der Waals surface area contributed by atoms with E-state index in [4.69, 9.17) is 0 Å². The summed E-state index contributed by atoms with van der Waals surface area (Å²) < 4.78 is 74.8. The number of benzene rings is 1. The summed E-state index contributed by atoms with van der Waals surface area (Å²) in [6.07, 6.45) is -4.68. The fourth-order valence-corrected chi connectivity index (χ4v) is 2.76. The SMILES string of the molecule is CC(C)NCc1ccc(F)cc1S(=O)(=O)NCC(F)(F)F. The van der Waals surface area contributed by atoms with Crippen molar-refractivity contribution in [1.82, 2.24) is 10.0 Å². The zero-order valence-electron chi connectivity index (χ0n) is 11.5. The van der Waals surface area contributed by atoms with Gasteiger partial charge in [-0.2, -0.15) is 13.2 Å². The number of halogens is 4. The van der Waals surface area contributed by atoms with E-state index in [1.807, 2.05) is 13.8 Å². The molecule has 2 N–H and O–H groups in total. The average Bonchev–Trinajstić information content (AvgIpc) is 2.34. The van der Waals surface area contributed by atoms with Gasteiger partial charge >= 0.3 is 6.18 Å². The first-order chi connectivity index (χ1) is 9.51. The van der Waals surface area contributed by atoms with Crippen molar-refractivity contribution in [3.05, 3.63) is 29.6 Å². The minimum absolute atomic E-state index is 0.0359. The number of hydrogen-bond acceptors (Lipinski definition) is 3. The van der Waals surface area contributed by atoms with Gasteiger partial charge in [0.1, 0.15) is 12.4 Å². The summed E-state index contributed by atoms with van der Waals surface area (Å²) in [5, 5.41) is 2.93. The number of hydrogen-bond donors (Lipinski definition) is 2. The standard InChI is InChI=1S/C12H16F4N2O2S/c1-8(2)17-6-9-3-4-10(13)5-11(9)21(19,20)18-7-12(14,15)16/h3-5,8,17-18H,6-7H2,1-2H3. The molecule has 0 saturated carbocycles. The van der Waals surface area contributed by atoms with Crippen LogP contribution in [0.5, 0.6) is 0 Å². The Balaban J connectivity index is 3.06. The molecule has 21 heavy (non-hydrogen) atoms. The first-order valence-corrected chi connectivity index (χ1v) is 7.58. The van der Waals surface area contributed by atoms with Crippen LogP contribution in [0.15, 0.2) is 23.1 Å². The molecule has 0 fully saturated rings. The molecule has 1 aromatic carbocycles. The van der Waals surface area contributed by atoms with Gasteiger partial charge in [0.25, 0.3) is 0 Å². The molecule has 0 atom stereocenters.